The number of rotatable bonds is 20. The maximum absolute atomic E-state index is 10.1. The Balaban J connectivity index is 3.50. The summed E-state index contributed by atoms with van der Waals surface area (Å²) in [7, 11) is 4.36. The molecule has 5 nitrogen and oxygen atoms in total. The summed E-state index contributed by atoms with van der Waals surface area (Å²) in [5.41, 5.74) is 0. The van der Waals surface area contributed by atoms with E-state index in [2.05, 4.69) is 21.0 Å². The molecule has 1 atom stereocenters. The summed E-state index contributed by atoms with van der Waals surface area (Å²) < 4.78 is 11.4. The fourth-order valence-electron chi connectivity index (χ4n) is 3.25. The highest BCUT2D eigenvalue weighted by atomic mass is 16.5. The van der Waals surface area contributed by atoms with E-state index in [1.807, 2.05) is 0 Å². The van der Waals surface area contributed by atoms with Crippen molar-refractivity contribution in [3.05, 3.63) is 0 Å². The third kappa shape index (κ3) is 18.6. The van der Waals surface area contributed by atoms with Crippen LogP contribution in [0.1, 0.15) is 71.1 Å². The molecule has 26 heavy (non-hydrogen) atoms. The molecule has 0 rings (SSSR count). The zero-order chi connectivity index (χ0) is 19.5. The van der Waals surface area contributed by atoms with Crippen LogP contribution in [0, 0.1) is 0 Å². The van der Waals surface area contributed by atoms with E-state index in [4.69, 9.17) is 14.6 Å². The summed E-state index contributed by atoms with van der Waals surface area (Å²) in [6, 6.07) is 0. The maximum atomic E-state index is 10.1. The number of quaternary nitrogens is 1. The lowest BCUT2D eigenvalue weighted by molar-refractivity contribution is -0.893. The van der Waals surface area contributed by atoms with Gasteiger partial charge < -0.3 is 24.2 Å². The van der Waals surface area contributed by atoms with Gasteiger partial charge in [-0.25, -0.2) is 0 Å². The average Bonchev–Trinajstić information content (AvgIpc) is 2.59. The second kappa shape index (κ2) is 18.2. The molecular formula is C21H46NO4+. The first-order chi connectivity index (χ1) is 12.5. The van der Waals surface area contributed by atoms with E-state index < -0.39 is 6.10 Å². The summed E-state index contributed by atoms with van der Waals surface area (Å²) >= 11 is 0. The van der Waals surface area contributed by atoms with Gasteiger partial charge in [0.25, 0.3) is 0 Å². The molecule has 0 fully saturated rings. The highest BCUT2D eigenvalue weighted by Gasteiger charge is 2.20. The third-order valence-electron chi connectivity index (χ3n) is 4.74. The second-order valence-corrected chi connectivity index (χ2v) is 8.09. The molecule has 0 radical (unpaired) electrons. The largest absolute Gasteiger partial charge is 0.394 e. The van der Waals surface area contributed by atoms with Crippen molar-refractivity contribution >= 4 is 0 Å². The highest BCUT2D eigenvalue weighted by molar-refractivity contribution is 4.53. The molecule has 0 aliphatic carbocycles. The van der Waals surface area contributed by atoms with Gasteiger partial charge in [0.1, 0.15) is 12.6 Å². The van der Waals surface area contributed by atoms with Crippen LogP contribution in [0.4, 0.5) is 0 Å². The lowest BCUT2D eigenvalue weighted by Gasteiger charge is -2.31. The average molecular weight is 377 g/mol. The van der Waals surface area contributed by atoms with E-state index in [0.717, 1.165) is 17.6 Å². The van der Waals surface area contributed by atoms with Gasteiger partial charge in [0, 0.05) is 0 Å². The number of aliphatic hydroxyl groups is 2. The first-order valence-electron chi connectivity index (χ1n) is 10.8. The minimum absolute atomic E-state index is 0.0350. The van der Waals surface area contributed by atoms with Gasteiger partial charge in [-0.1, -0.05) is 58.3 Å². The van der Waals surface area contributed by atoms with Crippen LogP contribution in [0.5, 0.6) is 0 Å². The minimum atomic E-state index is -0.439. The molecule has 0 aromatic heterocycles. The molecular weight excluding hydrogens is 330 g/mol. The summed E-state index contributed by atoms with van der Waals surface area (Å²) in [5.74, 6) is 0. The van der Waals surface area contributed by atoms with Gasteiger partial charge in [-0.05, 0) is 12.8 Å². The van der Waals surface area contributed by atoms with Gasteiger partial charge in [-0.2, -0.15) is 0 Å². The Bertz CT molecular complexity index is 287. The Morgan fingerprint density at radius 2 is 1.31 bits per heavy atom. The molecule has 0 aliphatic heterocycles. The van der Waals surface area contributed by atoms with Crippen LogP contribution in [0.3, 0.4) is 0 Å². The van der Waals surface area contributed by atoms with Crippen molar-refractivity contribution in [1.82, 2.24) is 0 Å². The lowest BCUT2D eigenvalue weighted by atomic mass is 10.1. The normalized spacial score (nSPS) is 13.3. The monoisotopic (exact) mass is 376 g/mol. The minimum Gasteiger partial charge on any atom is -0.394 e. The van der Waals surface area contributed by atoms with Gasteiger partial charge in [-0.15, -0.1) is 0 Å². The Labute approximate surface area is 162 Å². The second-order valence-electron chi connectivity index (χ2n) is 8.09. The number of hydrogen-bond donors (Lipinski definition) is 2. The predicted molar refractivity (Wildman–Crippen MR) is 108 cm³/mol. The van der Waals surface area contributed by atoms with Gasteiger partial charge in [0.15, 0.2) is 0 Å². The molecule has 0 bridgehead atoms. The van der Waals surface area contributed by atoms with Crippen molar-refractivity contribution in [2.45, 2.75) is 77.2 Å². The van der Waals surface area contributed by atoms with E-state index in [9.17, 15) is 5.11 Å². The van der Waals surface area contributed by atoms with E-state index in [1.165, 1.54) is 64.2 Å². The first kappa shape index (κ1) is 25.8. The third-order valence-corrected chi connectivity index (χ3v) is 4.74. The van der Waals surface area contributed by atoms with Crippen LogP contribution in [0.15, 0.2) is 0 Å². The molecule has 0 amide bonds. The molecule has 0 spiro atoms. The molecule has 0 aromatic rings. The van der Waals surface area contributed by atoms with Gasteiger partial charge in [-0.3, -0.25) is 0 Å². The van der Waals surface area contributed by atoms with Crippen molar-refractivity contribution in [3.8, 4) is 0 Å². The number of aliphatic hydroxyl groups excluding tert-OH is 2. The summed E-state index contributed by atoms with van der Waals surface area (Å²) in [4.78, 5) is 0. The number of likely N-dealkylation sites (N-methyl/N-ethyl adjacent to an activating group) is 1. The van der Waals surface area contributed by atoms with Crippen LogP contribution in [0.25, 0.3) is 0 Å². The predicted octanol–water partition coefficient (Wildman–Crippen LogP) is 3.37. The first-order valence-corrected chi connectivity index (χ1v) is 10.8. The standard InChI is InChI=1S/C21H46NO4/c1-4-5-6-7-8-9-10-11-12-13-14-22(2,3)19-21(24)20-26-18-17-25-16-15-23/h21,23-24H,4-20H2,1-3H3/q+1. The van der Waals surface area contributed by atoms with E-state index in [1.54, 1.807) is 0 Å². The highest BCUT2D eigenvalue weighted by Crippen LogP contribution is 2.12. The van der Waals surface area contributed by atoms with Crippen LogP contribution in [0.2, 0.25) is 0 Å². The lowest BCUT2D eigenvalue weighted by Crippen LogP contribution is -2.47. The molecule has 158 valence electrons. The van der Waals surface area contributed by atoms with E-state index in [-0.39, 0.29) is 6.61 Å². The van der Waals surface area contributed by atoms with E-state index >= 15 is 0 Å². The zero-order valence-corrected chi connectivity index (χ0v) is 17.8. The SMILES string of the molecule is CCCCCCCCCCCC[N+](C)(C)CC(O)COCCOCCO. The maximum Gasteiger partial charge on any atom is 0.126 e. The smallest absolute Gasteiger partial charge is 0.126 e. The van der Waals surface area contributed by atoms with E-state index in [0.29, 0.717) is 26.4 Å². The topological polar surface area (TPSA) is 58.9 Å². The Morgan fingerprint density at radius 1 is 0.769 bits per heavy atom. The van der Waals surface area contributed by atoms with Gasteiger partial charge >= 0.3 is 0 Å². The van der Waals surface area contributed by atoms with Crippen molar-refractivity contribution in [2.24, 2.45) is 0 Å². The fourth-order valence-corrected chi connectivity index (χ4v) is 3.25. The Kier molecular flexibility index (Phi) is 18.0. The molecule has 1 unspecified atom stereocenters. The number of ether oxygens (including phenoxy) is 2. The van der Waals surface area contributed by atoms with Crippen LogP contribution in [-0.2, 0) is 9.47 Å². The Morgan fingerprint density at radius 3 is 1.88 bits per heavy atom. The molecule has 5 heteroatoms. The van der Waals surface area contributed by atoms with Crippen LogP contribution < -0.4 is 0 Å². The summed E-state index contributed by atoms with van der Waals surface area (Å²) in [6.07, 6.45) is 13.1. The quantitative estimate of drug-likeness (QED) is 0.253. The van der Waals surface area contributed by atoms with Gasteiger partial charge in [0.2, 0.25) is 0 Å². The van der Waals surface area contributed by atoms with Crippen LogP contribution >= 0.6 is 0 Å². The fraction of sp³-hybridized carbons (Fsp3) is 1.00. The number of hydrogen-bond acceptors (Lipinski definition) is 4. The number of unbranched alkanes of at least 4 members (excludes halogenated alkanes) is 9. The molecule has 2 N–H and O–H groups in total. The molecule has 0 aliphatic rings. The zero-order valence-electron chi connectivity index (χ0n) is 17.8. The Hall–Kier alpha value is -0.200. The van der Waals surface area contributed by atoms with Gasteiger partial charge in [0.05, 0.1) is 53.7 Å². The molecule has 0 aromatic carbocycles. The summed E-state index contributed by atoms with van der Waals surface area (Å²) in [5, 5.41) is 18.7. The molecule has 0 saturated heterocycles. The van der Waals surface area contributed by atoms with Crippen LogP contribution in [-0.4, -0.2) is 81.0 Å². The van der Waals surface area contributed by atoms with Crippen molar-refractivity contribution in [3.63, 3.8) is 0 Å². The molecule has 0 saturated carbocycles. The molecule has 0 heterocycles. The van der Waals surface area contributed by atoms with Crippen molar-refractivity contribution < 1.29 is 24.2 Å². The van der Waals surface area contributed by atoms with Crippen molar-refractivity contribution in [1.29, 1.82) is 0 Å². The summed E-state index contributed by atoms with van der Waals surface area (Å²) in [6.45, 7) is 5.74. The van der Waals surface area contributed by atoms with Crippen molar-refractivity contribution in [2.75, 3.05) is 60.2 Å². The number of nitrogens with zero attached hydrogens (tertiary/aromatic N) is 1.